The highest BCUT2D eigenvalue weighted by Crippen LogP contribution is 2.30. The third kappa shape index (κ3) is 3.26. The van der Waals surface area contributed by atoms with Gasteiger partial charge in [-0.3, -0.25) is 4.79 Å². The van der Waals surface area contributed by atoms with Crippen molar-refractivity contribution in [1.29, 1.82) is 0 Å². The number of aliphatic hydroxyl groups is 1. The number of aryl methyl sites for hydroxylation is 1. The fourth-order valence-electron chi connectivity index (χ4n) is 2.57. The minimum atomic E-state index is -0.573. The monoisotopic (exact) mass is 274 g/mol. The zero-order valence-electron chi connectivity index (χ0n) is 11.9. The van der Waals surface area contributed by atoms with E-state index in [0.29, 0.717) is 13.1 Å². The van der Waals surface area contributed by atoms with Crippen LogP contribution in [-0.4, -0.2) is 30.6 Å². The van der Waals surface area contributed by atoms with Crippen molar-refractivity contribution in [3.63, 3.8) is 0 Å². The second kappa shape index (κ2) is 6.68. The molecule has 20 heavy (non-hydrogen) atoms. The van der Waals surface area contributed by atoms with Gasteiger partial charge in [0.05, 0.1) is 6.10 Å². The van der Waals surface area contributed by atoms with Crippen LogP contribution in [0.1, 0.15) is 30.6 Å². The first-order valence-corrected chi connectivity index (χ1v) is 7.04. The van der Waals surface area contributed by atoms with Crippen molar-refractivity contribution in [2.24, 2.45) is 0 Å². The predicted octanol–water partition coefficient (Wildman–Crippen LogP) is 1.79. The van der Waals surface area contributed by atoms with Crippen molar-refractivity contribution in [3.8, 4) is 0 Å². The summed E-state index contributed by atoms with van der Waals surface area (Å²) in [5.74, 6) is 0.0578. The maximum absolute atomic E-state index is 11.7. The average Bonchev–Trinajstić information content (AvgIpc) is 2.46. The molecule has 0 spiro atoms. The number of nitrogens with one attached hydrogen (secondary N) is 1. The van der Waals surface area contributed by atoms with Gasteiger partial charge in [-0.15, -0.1) is 6.58 Å². The van der Waals surface area contributed by atoms with Gasteiger partial charge in [0.2, 0.25) is 5.91 Å². The Morgan fingerprint density at radius 3 is 3.10 bits per heavy atom. The van der Waals surface area contributed by atoms with Crippen LogP contribution in [0.25, 0.3) is 0 Å². The van der Waals surface area contributed by atoms with Crippen LogP contribution in [0.5, 0.6) is 0 Å². The van der Waals surface area contributed by atoms with E-state index >= 15 is 0 Å². The number of carbonyl (C=O) groups is 1. The summed E-state index contributed by atoms with van der Waals surface area (Å²) in [6, 6.07) is 5.91. The molecule has 4 nitrogen and oxygen atoms in total. The summed E-state index contributed by atoms with van der Waals surface area (Å²) in [5.41, 5.74) is 2.97. The standard InChI is InChI=1S/C16H22N2O2/c1-3-8-17-11-16(20)14-7-6-13-5-4-9-18(12(2)19)15(13)10-14/h3,6-7,10,16-17,20H,1,4-5,8-9,11H2,2H3. The minimum Gasteiger partial charge on any atom is -0.387 e. The smallest absolute Gasteiger partial charge is 0.223 e. The number of nitrogens with zero attached hydrogens (tertiary/aromatic N) is 1. The van der Waals surface area contributed by atoms with E-state index in [1.807, 2.05) is 18.2 Å². The van der Waals surface area contributed by atoms with E-state index in [9.17, 15) is 9.90 Å². The van der Waals surface area contributed by atoms with Gasteiger partial charge in [0.25, 0.3) is 0 Å². The van der Waals surface area contributed by atoms with Gasteiger partial charge in [-0.1, -0.05) is 18.2 Å². The minimum absolute atomic E-state index is 0.0578. The molecule has 0 radical (unpaired) electrons. The summed E-state index contributed by atoms with van der Waals surface area (Å²) < 4.78 is 0. The van der Waals surface area contributed by atoms with Gasteiger partial charge >= 0.3 is 0 Å². The molecule has 1 atom stereocenters. The Kier molecular flexibility index (Phi) is 4.93. The Morgan fingerprint density at radius 1 is 1.60 bits per heavy atom. The largest absolute Gasteiger partial charge is 0.387 e. The lowest BCUT2D eigenvalue weighted by molar-refractivity contribution is -0.116. The van der Waals surface area contributed by atoms with Gasteiger partial charge in [0, 0.05) is 32.2 Å². The van der Waals surface area contributed by atoms with Crippen LogP contribution < -0.4 is 10.2 Å². The highest BCUT2D eigenvalue weighted by molar-refractivity contribution is 5.92. The van der Waals surface area contributed by atoms with Crippen LogP contribution >= 0.6 is 0 Å². The number of hydrogen-bond acceptors (Lipinski definition) is 3. The van der Waals surface area contributed by atoms with Gasteiger partial charge in [0.1, 0.15) is 0 Å². The molecule has 1 aromatic carbocycles. The van der Waals surface area contributed by atoms with E-state index < -0.39 is 6.10 Å². The summed E-state index contributed by atoms with van der Waals surface area (Å²) in [7, 11) is 0. The molecular weight excluding hydrogens is 252 g/mol. The van der Waals surface area contributed by atoms with Crippen molar-refractivity contribution in [2.45, 2.75) is 25.9 Å². The average molecular weight is 274 g/mol. The summed E-state index contributed by atoms with van der Waals surface area (Å²) in [6.07, 6.45) is 3.17. The van der Waals surface area contributed by atoms with Crippen molar-refractivity contribution in [2.75, 3.05) is 24.5 Å². The van der Waals surface area contributed by atoms with Gasteiger partial charge in [-0.25, -0.2) is 0 Å². The zero-order chi connectivity index (χ0) is 14.5. The Labute approximate surface area is 120 Å². The Hall–Kier alpha value is -1.65. The highest BCUT2D eigenvalue weighted by atomic mass is 16.3. The van der Waals surface area contributed by atoms with Gasteiger partial charge in [0.15, 0.2) is 0 Å². The van der Waals surface area contributed by atoms with Crippen molar-refractivity contribution >= 4 is 11.6 Å². The van der Waals surface area contributed by atoms with Crippen LogP contribution in [0.2, 0.25) is 0 Å². The molecule has 0 saturated carbocycles. The summed E-state index contributed by atoms with van der Waals surface area (Å²) in [4.78, 5) is 13.5. The summed E-state index contributed by atoms with van der Waals surface area (Å²) in [5, 5.41) is 13.3. The fraction of sp³-hybridized carbons (Fsp3) is 0.438. The van der Waals surface area contributed by atoms with Crippen LogP contribution in [-0.2, 0) is 11.2 Å². The number of fused-ring (bicyclic) bond motifs is 1. The van der Waals surface area contributed by atoms with E-state index in [1.165, 1.54) is 5.56 Å². The van der Waals surface area contributed by atoms with Gasteiger partial charge in [-0.2, -0.15) is 0 Å². The molecule has 108 valence electrons. The molecule has 1 aliphatic heterocycles. The number of carbonyl (C=O) groups excluding carboxylic acids is 1. The Bertz CT molecular complexity index is 499. The first-order chi connectivity index (χ1) is 9.63. The van der Waals surface area contributed by atoms with E-state index in [4.69, 9.17) is 0 Å². The molecule has 0 aliphatic carbocycles. The van der Waals surface area contributed by atoms with Crippen LogP contribution in [0.15, 0.2) is 30.9 Å². The third-order valence-corrected chi connectivity index (χ3v) is 3.62. The Balaban J connectivity index is 2.18. The SMILES string of the molecule is C=CCNCC(O)c1ccc2c(c1)N(C(C)=O)CCC2. The van der Waals surface area contributed by atoms with E-state index in [-0.39, 0.29) is 5.91 Å². The lowest BCUT2D eigenvalue weighted by Gasteiger charge is -2.29. The summed E-state index contributed by atoms with van der Waals surface area (Å²) in [6.45, 7) is 7.12. The molecule has 1 unspecified atom stereocenters. The Morgan fingerprint density at radius 2 is 2.40 bits per heavy atom. The van der Waals surface area contributed by atoms with Crippen molar-refractivity contribution in [1.82, 2.24) is 5.32 Å². The number of hydrogen-bond donors (Lipinski definition) is 2. The van der Waals surface area contributed by atoms with Gasteiger partial charge in [-0.05, 0) is 30.0 Å². The quantitative estimate of drug-likeness (QED) is 0.636. The summed E-state index contributed by atoms with van der Waals surface area (Å²) >= 11 is 0. The third-order valence-electron chi connectivity index (χ3n) is 3.62. The fourth-order valence-corrected chi connectivity index (χ4v) is 2.57. The molecule has 0 aromatic heterocycles. The van der Waals surface area contributed by atoms with Gasteiger partial charge < -0.3 is 15.3 Å². The molecule has 0 saturated heterocycles. The maximum atomic E-state index is 11.7. The second-order valence-corrected chi connectivity index (χ2v) is 5.13. The maximum Gasteiger partial charge on any atom is 0.223 e. The lowest BCUT2D eigenvalue weighted by Crippen LogP contribution is -2.33. The molecule has 1 aromatic rings. The topological polar surface area (TPSA) is 52.6 Å². The number of benzene rings is 1. The first kappa shape index (κ1) is 14.8. The zero-order valence-corrected chi connectivity index (χ0v) is 11.9. The number of aliphatic hydroxyl groups excluding tert-OH is 1. The molecule has 4 heteroatoms. The van der Waals surface area contributed by atoms with E-state index in [0.717, 1.165) is 30.6 Å². The first-order valence-electron chi connectivity index (χ1n) is 7.04. The molecule has 1 heterocycles. The van der Waals surface area contributed by atoms with Crippen LogP contribution in [0.4, 0.5) is 5.69 Å². The van der Waals surface area contributed by atoms with Crippen LogP contribution in [0, 0.1) is 0 Å². The number of amides is 1. The molecule has 1 amide bonds. The second-order valence-electron chi connectivity index (χ2n) is 5.13. The molecular formula is C16H22N2O2. The number of anilines is 1. The van der Waals surface area contributed by atoms with Crippen LogP contribution in [0.3, 0.4) is 0 Å². The normalized spacial score (nSPS) is 15.6. The van der Waals surface area contributed by atoms with Crippen molar-refractivity contribution in [3.05, 3.63) is 42.0 Å². The molecule has 0 bridgehead atoms. The van der Waals surface area contributed by atoms with Crippen molar-refractivity contribution < 1.29 is 9.90 Å². The molecule has 2 rings (SSSR count). The molecule has 1 aliphatic rings. The number of rotatable bonds is 5. The predicted molar refractivity (Wildman–Crippen MR) is 80.8 cm³/mol. The molecule has 2 N–H and O–H groups in total. The molecule has 0 fully saturated rings. The van der Waals surface area contributed by atoms with E-state index in [2.05, 4.69) is 11.9 Å². The van der Waals surface area contributed by atoms with E-state index in [1.54, 1.807) is 17.9 Å². The lowest BCUT2D eigenvalue weighted by atomic mass is 9.97. The highest BCUT2D eigenvalue weighted by Gasteiger charge is 2.21.